The average Bonchev–Trinajstić information content (AvgIpc) is 2.23. The van der Waals surface area contributed by atoms with Crippen LogP contribution in [-0.2, 0) is 0 Å². The molecule has 15 heavy (non-hydrogen) atoms. The topological polar surface area (TPSA) is 38.5 Å². The SMILES string of the molecule is Cc1cccc2c1OCC(CCN)N2C. The van der Waals surface area contributed by atoms with E-state index in [9.17, 15) is 0 Å². The molecule has 0 aromatic heterocycles. The highest BCUT2D eigenvalue weighted by Gasteiger charge is 2.24. The van der Waals surface area contributed by atoms with Gasteiger partial charge in [0.25, 0.3) is 0 Å². The van der Waals surface area contributed by atoms with Crippen LogP contribution >= 0.6 is 0 Å². The summed E-state index contributed by atoms with van der Waals surface area (Å²) in [6, 6.07) is 6.66. The Balaban J connectivity index is 2.30. The molecule has 0 saturated heterocycles. The predicted octanol–water partition coefficient (Wildman–Crippen LogP) is 1.54. The summed E-state index contributed by atoms with van der Waals surface area (Å²) in [6.45, 7) is 3.53. The second-order valence-electron chi connectivity index (χ2n) is 4.08. The number of benzene rings is 1. The molecular weight excluding hydrogens is 188 g/mol. The van der Waals surface area contributed by atoms with E-state index in [4.69, 9.17) is 10.5 Å². The number of aryl methyl sites for hydroxylation is 1. The molecule has 2 N–H and O–H groups in total. The van der Waals surface area contributed by atoms with Crippen LogP contribution in [0.25, 0.3) is 0 Å². The van der Waals surface area contributed by atoms with Crippen LogP contribution in [0.1, 0.15) is 12.0 Å². The molecule has 0 bridgehead atoms. The molecule has 0 saturated carbocycles. The Morgan fingerprint density at radius 1 is 1.53 bits per heavy atom. The summed E-state index contributed by atoms with van der Waals surface area (Å²) in [7, 11) is 2.11. The van der Waals surface area contributed by atoms with Crippen LogP contribution in [-0.4, -0.2) is 26.2 Å². The molecule has 3 nitrogen and oxygen atoms in total. The van der Waals surface area contributed by atoms with Crippen molar-refractivity contribution in [3.8, 4) is 5.75 Å². The lowest BCUT2D eigenvalue weighted by Gasteiger charge is -2.36. The Morgan fingerprint density at radius 3 is 3.07 bits per heavy atom. The van der Waals surface area contributed by atoms with Gasteiger partial charge >= 0.3 is 0 Å². The van der Waals surface area contributed by atoms with Gasteiger partial charge in [-0.15, -0.1) is 0 Å². The summed E-state index contributed by atoms with van der Waals surface area (Å²) >= 11 is 0. The van der Waals surface area contributed by atoms with Crippen molar-refractivity contribution in [3.63, 3.8) is 0 Å². The van der Waals surface area contributed by atoms with E-state index < -0.39 is 0 Å². The number of ether oxygens (including phenoxy) is 1. The molecule has 1 aliphatic rings. The van der Waals surface area contributed by atoms with E-state index >= 15 is 0 Å². The van der Waals surface area contributed by atoms with Crippen LogP contribution in [0.15, 0.2) is 18.2 Å². The Bertz CT molecular complexity index is 351. The quantitative estimate of drug-likeness (QED) is 0.797. The Hall–Kier alpha value is -1.22. The molecule has 0 radical (unpaired) electrons. The molecule has 0 amide bonds. The van der Waals surface area contributed by atoms with E-state index in [2.05, 4.69) is 37.1 Å². The first kappa shape index (κ1) is 10.3. The minimum absolute atomic E-state index is 0.407. The zero-order chi connectivity index (χ0) is 10.8. The predicted molar refractivity (Wildman–Crippen MR) is 62.5 cm³/mol. The summed E-state index contributed by atoms with van der Waals surface area (Å²) in [6.07, 6.45) is 0.976. The van der Waals surface area contributed by atoms with Crippen molar-refractivity contribution in [2.45, 2.75) is 19.4 Å². The molecule has 1 aliphatic heterocycles. The van der Waals surface area contributed by atoms with Crippen LogP contribution in [0.3, 0.4) is 0 Å². The Morgan fingerprint density at radius 2 is 2.33 bits per heavy atom. The first-order chi connectivity index (χ1) is 7.24. The highest BCUT2D eigenvalue weighted by atomic mass is 16.5. The third-order valence-electron chi connectivity index (χ3n) is 3.04. The first-order valence-corrected chi connectivity index (χ1v) is 5.39. The van der Waals surface area contributed by atoms with E-state index in [0.717, 1.165) is 18.8 Å². The van der Waals surface area contributed by atoms with Crippen molar-refractivity contribution in [1.82, 2.24) is 0 Å². The number of rotatable bonds is 2. The third-order valence-corrected chi connectivity index (χ3v) is 3.04. The zero-order valence-electron chi connectivity index (χ0n) is 9.36. The van der Waals surface area contributed by atoms with Crippen molar-refractivity contribution >= 4 is 5.69 Å². The van der Waals surface area contributed by atoms with Crippen LogP contribution in [0, 0.1) is 6.92 Å². The number of likely N-dealkylation sites (N-methyl/N-ethyl adjacent to an activating group) is 1. The highest BCUT2D eigenvalue weighted by molar-refractivity contribution is 5.63. The number of hydrogen-bond donors (Lipinski definition) is 1. The molecule has 0 aliphatic carbocycles. The summed E-state index contributed by atoms with van der Waals surface area (Å²) in [5.74, 6) is 1.02. The summed E-state index contributed by atoms with van der Waals surface area (Å²) in [5.41, 5.74) is 7.97. The minimum atomic E-state index is 0.407. The molecule has 0 fully saturated rings. The van der Waals surface area contributed by atoms with Crippen molar-refractivity contribution < 1.29 is 4.74 Å². The van der Waals surface area contributed by atoms with Gasteiger partial charge in [0.15, 0.2) is 0 Å². The van der Waals surface area contributed by atoms with Crippen molar-refractivity contribution in [2.24, 2.45) is 5.73 Å². The van der Waals surface area contributed by atoms with Crippen molar-refractivity contribution in [2.75, 3.05) is 25.1 Å². The number of hydrogen-bond acceptors (Lipinski definition) is 3. The largest absolute Gasteiger partial charge is 0.489 e. The number of anilines is 1. The molecule has 3 heteroatoms. The van der Waals surface area contributed by atoms with Gasteiger partial charge in [-0.2, -0.15) is 0 Å². The summed E-state index contributed by atoms with van der Waals surface area (Å²) in [4.78, 5) is 2.28. The van der Waals surface area contributed by atoms with Gasteiger partial charge in [-0.1, -0.05) is 12.1 Å². The Kier molecular flexibility index (Phi) is 2.82. The van der Waals surface area contributed by atoms with Gasteiger partial charge in [0, 0.05) is 7.05 Å². The van der Waals surface area contributed by atoms with Crippen molar-refractivity contribution in [3.05, 3.63) is 23.8 Å². The van der Waals surface area contributed by atoms with Crippen LogP contribution in [0.4, 0.5) is 5.69 Å². The monoisotopic (exact) mass is 206 g/mol. The van der Waals surface area contributed by atoms with E-state index in [1.54, 1.807) is 0 Å². The molecule has 82 valence electrons. The van der Waals surface area contributed by atoms with E-state index in [1.165, 1.54) is 11.3 Å². The minimum Gasteiger partial charge on any atom is -0.489 e. The van der Waals surface area contributed by atoms with Gasteiger partial charge in [-0.25, -0.2) is 0 Å². The van der Waals surface area contributed by atoms with Gasteiger partial charge in [0.1, 0.15) is 12.4 Å². The molecular formula is C12H18N2O. The Labute approximate surface area is 90.8 Å². The average molecular weight is 206 g/mol. The van der Waals surface area contributed by atoms with Gasteiger partial charge in [0.2, 0.25) is 0 Å². The second-order valence-corrected chi connectivity index (χ2v) is 4.08. The fraction of sp³-hybridized carbons (Fsp3) is 0.500. The normalized spacial score (nSPS) is 19.7. The lowest BCUT2D eigenvalue weighted by molar-refractivity contribution is 0.259. The molecule has 1 aromatic carbocycles. The fourth-order valence-corrected chi connectivity index (χ4v) is 2.06. The first-order valence-electron chi connectivity index (χ1n) is 5.39. The van der Waals surface area contributed by atoms with Crippen LogP contribution in [0.5, 0.6) is 5.75 Å². The standard InChI is InChI=1S/C12H18N2O/c1-9-4-3-5-11-12(9)15-8-10(6-7-13)14(11)2/h3-5,10H,6-8,13H2,1-2H3. The molecule has 2 rings (SSSR count). The van der Waals surface area contributed by atoms with Gasteiger partial charge < -0.3 is 15.4 Å². The highest BCUT2D eigenvalue weighted by Crippen LogP contribution is 2.35. The molecule has 1 unspecified atom stereocenters. The lowest BCUT2D eigenvalue weighted by Crippen LogP contribution is -2.41. The summed E-state index contributed by atoms with van der Waals surface area (Å²) < 4.78 is 5.79. The summed E-state index contributed by atoms with van der Waals surface area (Å²) in [5, 5.41) is 0. The fourth-order valence-electron chi connectivity index (χ4n) is 2.06. The van der Waals surface area contributed by atoms with E-state index in [1.807, 2.05) is 0 Å². The number of fused-ring (bicyclic) bond motifs is 1. The van der Waals surface area contributed by atoms with Gasteiger partial charge in [-0.05, 0) is 31.5 Å². The van der Waals surface area contributed by atoms with Crippen LogP contribution in [0.2, 0.25) is 0 Å². The van der Waals surface area contributed by atoms with Crippen molar-refractivity contribution in [1.29, 1.82) is 0 Å². The number of para-hydroxylation sites is 1. The molecule has 1 heterocycles. The van der Waals surface area contributed by atoms with Gasteiger partial charge in [0.05, 0.1) is 11.7 Å². The third kappa shape index (κ3) is 1.79. The molecule has 1 atom stereocenters. The smallest absolute Gasteiger partial charge is 0.145 e. The van der Waals surface area contributed by atoms with E-state index in [0.29, 0.717) is 12.6 Å². The van der Waals surface area contributed by atoms with E-state index in [-0.39, 0.29) is 0 Å². The maximum atomic E-state index is 5.79. The van der Waals surface area contributed by atoms with Crippen LogP contribution < -0.4 is 15.4 Å². The number of nitrogens with zero attached hydrogens (tertiary/aromatic N) is 1. The zero-order valence-corrected chi connectivity index (χ0v) is 9.36. The maximum absolute atomic E-state index is 5.79. The molecule has 0 spiro atoms. The lowest BCUT2D eigenvalue weighted by atomic mass is 10.1. The maximum Gasteiger partial charge on any atom is 0.145 e. The second kappa shape index (κ2) is 4.11. The molecule has 1 aromatic rings. The number of nitrogens with two attached hydrogens (primary N) is 1. The van der Waals surface area contributed by atoms with Gasteiger partial charge in [-0.3, -0.25) is 0 Å².